The van der Waals surface area contributed by atoms with Gasteiger partial charge in [0.05, 0.1) is 0 Å². The first kappa shape index (κ1) is 16.3. The van der Waals surface area contributed by atoms with Crippen molar-refractivity contribution in [1.29, 1.82) is 0 Å². The molecule has 4 aromatic rings. The molecule has 4 rings (SSSR count). The predicted octanol–water partition coefficient (Wildman–Crippen LogP) is 5.07. The van der Waals surface area contributed by atoms with E-state index in [9.17, 15) is 9.59 Å². The second kappa shape index (κ2) is 5.95. The van der Waals surface area contributed by atoms with Gasteiger partial charge in [-0.3, -0.25) is 9.59 Å². The minimum atomic E-state index is 0.0183. The third-order valence-corrected chi connectivity index (χ3v) is 5.06. The Bertz CT molecular complexity index is 1200. The highest BCUT2D eigenvalue weighted by Gasteiger charge is 2.15. The number of aromatic nitrogens is 1. The van der Waals surface area contributed by atoms with Gasteiger partial charge in [0.2, 0.25) is 0 Å². The highest BCUT2D eigenvalue weighted by Crippen LogP contribution is 2.30. The van der Waals surface area contributed by atoms with Crippen LogP contribution in [0.4, 0.5) is 0 Å². The van der Waals surface area contributed by atoms with Crippen LogP contribution in [-0.2, 0) is 7.05 Å². The lowest BCUT2D eigenvalue weighted by atomic mass is 9.97. The maximum absolute atomic E-state index is 13.0. The Morgan fingerprint density at radius 3 is 2.00 bits per heavy atom. The van der Waals surface area contributed by atoms with Crippen molar-refractivity contribution in [2.75, 3.05) is 0 Å². The molecular weight excluding hydrogens is 322 g/mol. The van der Waals surface area contributed by atoms with Crippen molar-refractivity contribution in [3.8, 4) is 0 Å². The Balaban J connectivity index is 1.95. The Labute approximate surface area is 151 Å². The molecule has 0 atom stereocenters. The lowest BCUT2D eigenvalue weighted by molar-refractivity contribution is 0.101. The first-order valence-corrected chi connectivity index (χ1v) is 8.61. The van der Waals surface area contributed by atoms with Gasteiger partial charge in [0.25, 0.3) is 0 Å². The first-order valence-electron chi connectivity index (χ1n) is 8.61. The van der Waals surface area contributed by atoms with Crippen LogP contribution in [0.25, 0.3) is 21.8 Å². The molecule has 0 unspecified atom stereocenters. The van der Waals surface area contributed by atoms with E-state index in [1.165, 1.54) is 0 Å². The van der Waals surface area contributed by atoms with Gasteiger partial charge in [0.1, 0.15) is 0 Å². The van der Waals surface area contributed by atoms with E-state index in [-0.39, 0.29) is 11.6 Å². The van der Waals surface area contributed by atoms with Crippen LogP contribution in [-0.4, -0.2) is 16.1 Å². The molecule has 0 fully saturated rings. The van der Waals surface area contributed by atoms with Crippen LogP contribution >= 0.6 is 0 Å². The van der Waals surface area contributed by atoms with Crippen molar-refractivity contribution in [2.24, 2.45) is 7.05 Å². The van der Waals surface area contributed by atoms with Crippen LogP contribution in [0.5, 0.6) is 0 Å². The zero-order valence-electron chi connectivity index (χ0n) is 15.0. The number of ketones is 2. The monoisotopic (exact) mass is 341 g/mol. The van der Waals surface area contributed by atoms with Gasteiger partial charge >= 0.3 is 0 Å². The van der Waals surface area contributed by atoms with E-state index in [1.807, 2.05) is 74.6 Å². The molecule has 0 saturated carbocycles. The number of Topliss-reactive ketones (excluding diaryl/α,β-unsaturated/α-hetero) is 1. The van der Waals surface area contributed by atoms with Crippen LogP contribution in [0.2, 0.25) is 0 Å². The fourth-order valence-corrected chi connectivity index (χ4v) is 3.56. The summed E-state index contributed by atoms with van der Waals surface area (Å²) in [4.78, 5) is 24.7. The number of hydrogen-bond acceptors (Lipinski definition) is 2. The molecule has 128 valence electrons. The fraction of sp³-hybridized carbons (Fsp3) is 0.130. The standard InChI is InChI=1S/C23H19NO2/c1-14-6-4-5-7-18(14)23(26)17-9-11-22-20(13-17)19-12-16(15(2)25)8-10-21(19)24(22)3/h4-13H,1-3H3. The number of nitrogens with zero attached hydrogens (tertiary/aromatic N) is 1. The van der Waals surface area contributed by atoms with Crippen molar-refractivity contribution in [3.63, 3.8) is 0 Å². The summed E-state index contributed by atoms with van der Waals surface area (Å²) in [5.74, 6) is 0.0563. The van der Waals surface area contributed by atoms with Gasteiger partial charge in [-0.15, -0.1) is 0 Å². The highest BCUT2D eigenvalue weighted by molar-refractivity contribution is 6.16. The normalized spacial score (nSPS) is 11.2. The first-order chi connectivity index (χ1) is 12.5. The number of aryl methyl sites for hydroxylation is 2. The van der Waals surface area contributed by atoms with Gasteiger partial charge in [-0.2, -0.15) is 0 Å². The summed E-state index contributed by atoms with van der Waals surface area (Å²) in [6.07, 6.45) is 0. The molecule has 0 radical (unpaired) electrons. The number of benzene rings is 3. The molecule has 0 aliphatic carbocycles. The predicted molar refractivity (Wildman–Crippen MR) is 105 cm³/mol. The van der Waals surface area contributed by atoms with Crippen molar-refractivity contribution < 1.29 is 9.59 Å². The minimum absolute atomic E-state index is 0.0183. The summed E-state index contributed by atoms with van der Waals surface area (Å²) in [5, 5.41) is 1.99. The molecule has 1 heterocycles. The summed E-state index contributed by atoms with van der Waals surface area (Å²) in [7, 11) is 2.00. The molecule has 26 heavy (non-hydrogen) atoms. The molecule has 0 bridgehead atoms. The van der Waals surface area contributed by atoms with E-state index in [4.69, 9.17) is 0 Å². The molecule has 0 amide bonds. The largest absolute Gasteiger partial charge is 0.344 e. The van der Waals surface area contributed by atoms with Gasteiger partial charge in [0, 0.05) is 45.5 Å². The smallest absolute Gasteiger partial charge is 0.193 e. The third kappa shape index (κ3) is 2.44. The van der Waals surface area contributed by atoms with Gasteiger partial charge < -0.3 is 4.57 Å². The zero-order valence-corrected chi connectivity index (χ0v) is 15.0. The van der Waals surface area contributed by atoms with Gasteiger partial charge in [-0.1, -0.05) is 24.3 Å². The maximum Gasteiger partial charge on any atom is 0.193 e. The van der Waals surface area contributed by atoms with Gasteiger partial charge in [0.15, 0.2) is 11.6 Å². The van der Waals surface area contributed by atoms with E-state index < -0.39 is 0 Å². The Morgan fingerprint density at radius 2 is 1.38 bits per heavy atom. The van der Waals surface area contributed by atoms with E-state index >= 15 is 0 Å². The summed E-state index contributed by atoms with van der Waals surface area (Å²) in [6.45, 7) is 3.52. The Hall–Kier alpha value is -3.20. The van der Waals surface area contributed by atoms with Crippen LogP contribution in [0, 0.1) is 6.92 Å². The Morgan fingerprint density at radius 1 is 0.808 bits per heavy atom. The average molecular weight is 341 g/mol. The highest BCUT2D eigenvalue weighted by atomic mass is 16.1. The molecule has 0 aliphatic heterocycles. The number of rotatable bonds is 3. The average Bonchev–Trinajstić information content (AvgIpc) is 2.93. The Kier molecular flexibility index (Phi) is 3.73. The SMILES string of the molecule is CC(=O)c1ccc2c(c1)c1cc(C(=O)c3ccccc3C)ccc1n2C. The van der Waals surface area contributed by atoms with Gasteiger partial charge in [-0.25, -0.2) is 0 Å². The molecule has 0 spiro atoms. The van der Waals surface area contributed by atoms with E-state index in [0.717, 1.165) is 32.9 Å². The molecule has 0 aliphatic rings. The fourth-order valence-electron chi connectivity index (χ4n) is 3.56. The topological polar surface area (TPSA) is 39.1 Å². The summed E-state index contributed by atoms with van der Waals surface area (Å²) >= 11 is 0. The lowest BCUT2D eigenvalue weighted by Gasteiger charge is -2.05. The number of hydrogen-bond donors (Lipinski definition) is 0. The number of fused-ring (bicyclic) bond motifs is 3. The van der Waals surface area contributed by atoms with E-state index in [0.29, 0.717) is 11.1 Å². The molecule has 3 heteroatoms. The maximum atomic E-state index is 13.0. The molecule has 3 aromatic carbocycles. The second-order valence-electron chi connectivity index (χ2n) is 6.72. The van der Waals surface area contributed by atoms with Crippen LogP contribution < -0.4 is 0 Å². The summed E-state index contributed by atoms with van der Waals surface area (Å²) in [5.41, 5.74) is 5.12. The van der Waals surface area contributed by atoms with Crippen molar-refractivity contribution in [3.05, 3.63) is 82.9 Å². The van der Waals surface area contributed by atoms with Crippen molar-refractivity contribution in [2.45, 2.75) is 13.8 Å². The molecule has 0 saturated heterocycles. The minimum Gasteiger partial charge on any atom is -0.344 e. The van der Waals surface area contributed by atoms with Crippen molar-refractivity contribution in [1.82, 2.24) is 4.57 Å². The molecule has 3 nitrogen and oxygen atoms in total. The van der Waals surface area contributed by atoms with Crippen molar-refractivity contribution >= 4 is 33.4 Å². The molecular formula is C23H19NO2. The molecule has 1 aromatic heterocycles. The van der Waals surface area contributed by atoms with Crippen LogP contribution in [0.1, 0.15) is 38.8 Å². The number of carbonyl (C=O) groups excluding carboxylic acids is 2. The molecule has 0 N–H and O–H groups in total. The van der Waals surface area contributed by atoms with Crippen LogP contribution in [0.3, 0.4) is 0 Å². The summed E-state index contributed by atoms with van der Waals surface area (Å²) < 4.78 is 2.09. The summed E-state index contributed by atoms with van der Waals surface area (Å²) in [6, 6.07) is 19.2. The van der Waals surface area contributed by atoms with E-state index in [2.05, 4.69) is 4.57 Å². The van der Waals surface area contributed by atoms with Gasteiger partial charge in [-0.05, 0) is 55.8 Å². The zero-order chi connectivity index (χ0) is 18.4. The van der Waals surface area contributed by atoms with Crippen LogP contribution in [0.15, 0.2) is 60.7 Å². The van der Waals surface area contributed by atoms with E-state index in [1.54, 1.807) is 6.92 Å². The third-order valence-electron chi connectivity index (χ3n) is 5.06. The number of carbonyl (C=O) groups is 2. The lowest BCUT2D eigenvalue weighted by Crippen LogP contribution is -2.03. The quantitative estimate of drug-likeness (QED) is 0.488. The second-order valence-corrected chi connectivity index (χ2v) is 6.72.